The fourth-order valence-electron chi connectivity index (χ4n) is 2.64. The van der Waals surface area contributed by atoms with Crippen LogP contribution in [0.3, 0.4) is 0 Å². The lowest BCUT2D eigenvalue weighted by molar-refractivity contribution is 0.0745. The molecule has 3 rings (SSSR count). The van der Waals surface area contributed by atoms with Gasteiger partial charge in [0.05, 0.1) is 22.5 Å². The summed E-state index contributed by atoms with van der Waals surface area (Å²) < 4.78 is 5.21. The number of halogens is 1. The third-order valence-corrected chi connectivity index (χ3v) is 4.17. The second kappa shape index (κ2) is 5.82. The third-order valence-electron chi connectivity index (χ3n) is 3.85. The molecule has 2 heterocycles. The largest absolute Gasteiger partial charge is 0.469 e. The first-order valence-corrected chi connectivity index (χ1v) is 7.37. The summed E-state index contributed by atoms with van der Waals surface area (Å²) in [4.78, 5) is 16.5. The number of anilines is 1. The SMILES string of the molecule is Cc1occc1C(=O)N1CCN(c2ccccc2Cl)CC1. The zero-order chi connectivity index (χ0) is 14.8. The smallest absolute Gasteiger partial charge is 0.257 e. The van der Waals surface area contributed by atoms with Crippen molar-refractivity contribution in [2.24, 2.45) is 0 Å². The van der Waals surface area contributed by atoms with E-state index in [0.717, 1.165) is 23.8 Å². The van der Waals surface area contributed by atoms with Gasteiger partial charge < -0.3 is 14.2 Å². The molecule has 0 atom stereocenters. The Morgan fingerprint density at radius 3 is 2.48 bits per heavy atom. The molecule has 1 fully saturated rings. The van der Waals surface area contributed by atoms with E-state index in [2.05, 4.69) is 4.90 Å². The quantitative estimate of drug-likeness (QED) is 0.855. The highest BCUT2D eigenvalue weighted by atomic mass is 35.5. The summed E-state index contributed by atoms with van der Waals surface area (Å²) in [6.45, 7) is 4.76. The Hall–Kier alpha value is -1.94. The lowest BCUT2D eigenvalue weighted by Crippen LogP contribution is -2.48. The molecule has 0 N–H and O–H groups in total. The molecule has 0 radical (unpaired) electrons. The molecule has 5 heteroatoms. The number of para-hydroxylation sites is 1. The van der Waals surface area contributed by atoms with Crippen LogP contribution in [-0.4, -0.2) is 37.0 Å². The van der Waals surface area contributed by atoms with Gasteiger partial charge in [-0.15, -0.1) is 0 Å². The van der Waals surface area contributed by atoms with E-state index in [-0.39, 0.29) is 5.91 Å². The Morgan fingerprint density at radius 2 is 1.86 bits per heavy atom. The fraction of sp³-hybridized carbons (Fsp3) is 0.312. The van der Waals surface area contributed by atoms with Gasteiger partial charge in [0, 0.05) is 26.2 Å². The number of hydrogen-bond donors (Lipinski definition) is 0. The van der Waals surface area contributed by atoms with Crippen molar-refractivity contribution in [3.05, 3.63) is 52.9 Å². The number of piperazine rings is 1. The van der Waals surface area contributed by atoms with E-state index in [1.165, 1.54) is 0 Å². The van der Waals surface area contributed by atoms with E-state index in [0.29, 0.717) is 24.4 Å². The van der Waals surface area contributed by atoms with Crippen molar-refractivity contribution in [1.29, 1.82) is 0 Å². The van der Waals surface area contributed by atoms with Crippen LogP contribution in [0.15, 0.2) is 41.0 Å². The molecular weight excluding hydrogens is 288 g/mol. The summed E-state index contributed by atoms with van der Waals surface area (Å²) >= 11 is 6.22. The molecule has 0 aliphatic carbocycles. The minimum absolute atomic E-state index is 0.0417. The van der Waals surface area contributed by atoms with Crippen molar-refractivity contribution in [2.45, 2.75) is 6.92 Å². The zero-order valence-electron chi connectivity index (χ0n) is 11.9. The number of nitrogens with zero attached hydrogens (tertiary/aromatic N) is 2. The predicted molar refractivity (Wildman–Crippen MR) is 83.0 cm³/mol. The normalized spacial score (nSPS) is 15.3. The van der Waals surface area contributed by atoms with Gasteiger partial charge in [-0.1, -0.05) is 23.7 Å². The van der Waals surface area contributed by atoms with E-state index >= 15 is 0 Å². The monoisotopic (exact) mass is 304 g/mol. The standard InChI is InChI=1S/C16H17ClN2O2/c1-12-13(6-11-21-12)16(20)19-9-7-18(8-10-19)15-5-3-2-4-14(15)17/h2-6,11H,7-10H2,1H3. The number of hydrogen-bond acceptors (Lipinski definition) is 3. The summed E-state index contributed by atoms with van der Waals surface area (Å²) in [5.74, 6) is 0.716. The highest BCUT2D eigenvalue weighted by molar-refractivity contribution is 6.33. The maximum Gasteiger partial charge on any atom is 0.257 e. The average molecular weight is 305 g/mol. The molecule has 21 heavy (non-hydrogen) atoms. The van der Waals surface area contributed by atoms with Crippen LogP contribution in [0, 0.1) is 6.92 Å². The molecule has 1 aromatic carbocycles. The molecule has 0 spiro atoms. The van der Waals surface area contributed by atoms with Crippen molar-refractivity contribution in [3.8, 4) is 0 Å². The Labute approximate surface area is 128 Å². The van der Waals surface area contributed by atoms with Crippen LogP contribution < -0.4 is 4.90 Å². The van der Waals surface area contributed by atoms with Crippen LogP contribution in [0.25, 0.3) is 0 Å². The minimum Gasteiger partial charge on any atom is -0.469 e. The summed E-state index contributed by atoms with van der Waals surface area (Å²) in [6, 6.07) is 9.54. The van der Waals surface area contributed by atoms with Gasteiger partial charge in [0.2, 0.25) is 0 Å². The van der Waals surface area contributed by atoms with Crippen molar-refractivity contribution in [3.63, 3.8) is 0 Å². The maximum absolute atomic E-state index is 12.4. The van der Waals surface area contributed by atoms with Gasteiger partial charge in [0.1, 0.15) is 5.76 Å². The van der Waals surface area contributed by atoms with Gasteiger partial charge >= 0.3 is 0 Å². The second-order valence-corrected chi connectivity index (χ2v) is 5.53. The van der Waals surface area contributed by atoms with Crippen LogP contribution in [-0.2, 0) is 0 Å². The van der Waals surface area contributed by atoms with Crippen LogP contribution in [0.4, 0.5) is 5.69 Å². The highest BCUT2D eigenvalue weighted by Crippen LogP contribution is 2.26. The topological polar surface area (TPSA) is 36.7 Å². The first-order chi connectivity index (χ1) is 10.2. The number of carbonyl (C=O) groups is 1. The third kappa shape index (κ3) is 2.76. The fourth-order valence-corrected chi connectivity index (χ4v) is 2.89. The van der Waals surface area contributed by atoms with Gasteiger partial charge in [-0.2, -0.15) is 0 Å². The summed E-state index contributed by atoms with van der Waals surface area (Å²) in [6.07, 6.45) is 1.56. The van der Waals surface area contributed by atoms with Crippen LogP contribution >= 0.6 is 11.6 Å². The number of rotatable bonds is 2. The predicted octanol–water partition coefficient (Wildman–Crippen LogP) is 3.20. The Kier molecular flexibility index (Phi) is 3.88. The molecule has 1 aliphatic rings. The summed E-state index contributed by atoms with van der Waals surface area (Å²) in [5.41, 5.74) is 1.69. The summed E-state index contributed by atoms with van der Waals surface area (Å²) in [7, 11) is 0. The van der Waals surface area contributed by atoms with Crippen LogP contribution in [0.2, 0.25) is 5.02 Å². The number of amides is 1. The number of aryl methyl sites for hydroxylation is 1. The van der Waals surface area contributed by atoms with Crippen LogP contribution in [0.1, 0.15) is 16.1 Å². The number of benzene rings is 1. The Morgan fingerprint density at radius 1 is 1.14 bits per heavy atom. The molecule has 1 saturated heterocycles. The number of furan rings is 1. The molecule has 1 aromatic heterocycles. The molecule has 110 valence electrons. The van der Waals surface area contributed by atoms with Crippen LogP contribution in [0.5, 0.6) is 0 Å². The molecule has 2 aromatic rings. The zero-order valence-corrected chi connectivity index (χ0v) is 12.6. The van der Waals surface area contributed by atoms with E-state index in [4.69, 9.17) is 16.0 Å². The lowest BCUT2D eigenvalue weighted by Gasteiger charge is -2.36. The van der Waals surface area contributed by atoms with E-state index < -0.39 is 0 Å². The Bertz CT molecular complexity index is 645. The van der Waals surface area contributed by atoms with Crippen molar-refractivity contribution in [2.75, 3.05) is 31.1 Å². The van der Waals surface area contributed by atoms with Gasteiger partial charge in [-0.3, -0.25) is 4.79 Å². The second-order valence-electron chi connectivity index (χ2n) is 5.12. The average Bonchev–Trinajstić information content (AvgIpc) is 2.93. The van der Waals surface area contributed by atoms with Crippen molar-refractivity contribution >= 4 is 23.2 Å². The van der Waals surface area contributed by atoms with E-state index in [1.54, 1.807) is 12.3 Å². The minimum atomic E-state index is 0.0417. The van der Waals surface area contributed by atoms with Gasteiger partial charge in [0.15, 0.2) is 0 Å². The highest BCUT2D eigenvalue weighted by Gasteiger charge is 2.24. The molecule has 0 bridgehead atoms. The molecule has 0 saturated carbocycles. The van der Waals surface area contributed by atoms with E-state index in [1.807, 2.05) is 36.1 Å². The molecular formula is C16H17ClN2O2. The molecule has 1 amide bonds. The van der Waals surface area contributed by atoms with Gasteiger partial charge in [-0.05, 0) is 25.1 Å². The maximum atomic E-state index is 12.4. The molecule has 0 unspecified atom stereocenters. The van der Waals surface area contributed by atoms with Crippen molar-refractivity contribution < 1.29 is 9.21 Å². The first-order valence-electron chi connectivity index (χ1n) is 6.99. The Balaban J connectivity index is 1.67. The molecule has 4 nitrogen and oxygen atoms in total. The number of carbonyl (C=O) groups excluding carboxylic acids is 1. The first kappa shape index (κ1) is 14.0. The summed E-state index contributed by atoms with van der Waals surface area (Å²) in [5, 5.41) is 0.753. The van der Waals surface area contributed by atoms with Gasteiger partial charge in [0.25, 0.3) is 5.91 Å². The lowest BCUT2D eigenvalue weighted by atomic mass is 10.2. The van der Waals surface area contributed by atoms with E-state index in [9.17, 15) is 4.79 Å². The molecule has 1 aliphatic heterocycles. The van der Waals surface area contributed by atoms with Gasteiger partial charge in [-0.25, -0.2) is 0 Å². The van der Waals surface area contributed by atoms with Crippen molar-refractivity contribution in [1.82, 2.24) is 4.90 Å².